The van der Waals surface area contributed by atoms with Gasteiger partial charge in [-0.05, 0) is 43.0 Å². The van der Waals surface area contributed by atoms with Gasteiger partial charge in [0.05, 0.1) is 11.4 Å². The van der Waals surface area contributed by atoms with Crippen molar-refractivity contribution in [2.45, 2.75) is 24.7 Å². The number of sulfonamides is 1. The van der Waals surface area contributed by atoms with Crippen LogP contribution in [0, 0.1) is 6.92 Å². The first-order valence-corrected chi connectivity index (χ1v) is 8.41. The maximum atomic E-state index is 13.0. The monoisotopic (exact) mass is 302 g/mol. The Labute approximate surface area is 125 Å². The average Bonchev–Trinajstić information content (AvgIpc) is 2.46. The Balaban J connectivity index is 2.17. The van der Waals surface area contributed by atoms with Gasteiger partial charge in [0.1, 0.15) is 4.90 Å². The van der Waals surface area contributed by atoms with Crippen molar-refractivity contribution >= 4 is 21.4 Å². The Morgan fingerprint density at radius 1 is 1.10 bits per heavy atom. The number of aryl methyl sites for hydroxylation is 2. The molecule has 0 radical (unpaired) electrons. The maximum absolute atomic E-state index is 13.0. The fraction of sp³-hybridized carbons (Fsp3) is 0.250. The van der Waals surface area contributed by atoms with Gasteiger partial charge >= 0.3 is 0 Å². The van der Waals surface area contributed by atoms with Crippen LogP contribution in [0.4, 0.5) is 11.4 Å². The third kappa shape index (κ3) is 2.27. The summed E-state index contributed by atoms with van der Waals surface area (Å²) in [7, 11) is -3.63. The first-order chi connectivity index (χ1) is 10.0. The Morgan fingerprint density at radius 3 is 2.62 bits per heavy atom. The molecule has 2 N–H and O–H groups in total. The van der Waals surface area contributed by atoms with Gasteiger partial charge in [-0.2, -0.15) is 0 Å². The van der Waals surface area contributed by atoms with Crippen molar-refractivity contribution in [1.82, 2.24) is 0 Å². The van der Waals surface area contributed by atoms with Gasteiger partial charge in [0.25, 0.3) is 10.0 Å². The van der Waals surface area contributed by atoms with Crippen LogP contribution in [0.5, 0.6) is 0 Å². The first kappa shape index (κ1) is 13.9. The minimum absolute atomic E-state index is 0.224. The zero-order valence-electron chi connectivity index (χ0n) is 11.9. The van der Waals surface area contributed by atoms with Crippen molar-refractivity contribution in [1.29, 1.82) is 0 Å². The Hall–Kier alpha value is -2.01. The molecular weight excluding hydrogens is 284 g/mol. The summed E-state index contributed by atoms with van der Waals surface area (Å²) in [6.45, 7) is 2.27. The molecule has 0 saturated carbocycles. The van der Waals surface area contributed by atoms with Gasteiger partial charge < -0.3 is 5.73 Å². The number of anilines is 2. The second-order valence-corrected chi connectivity index (χ2v) is 7.10. The largest absolute Gasteiger partial charge is 0.398 e. The summed E-state index contributed by atoms with van der Waals surface area (Å²) in [5, 5.41) is 0. The molecule has 0 spiro atoms. The maximum Gasteiger partial charge on any atom is 0.266 e. The van der Waals surface area contributed by atoms with Crippen LogP contribution in [0.1, 0.15) is 17.5 Å². The molecule has 5 heteroatoms. The van der Waals surface area contributed by atoms with Gasteiger partial charge in [-0.15, -0.1) is 0 Å². The predicted molar refractivity (Wildman–Crippen MR) is 84.9 cm³/mol. The number of nitrogens with two attached hydrogens (primary N) is 1. The van der Waals surface area contributed by atoms with Crippen LogP contribution in [0.3, 0.4) is 0 Å². The lowest BCUT2D eigenvalue weighted by atomic mass is 10.0. The van der Waals surface area contributed by atoms with E-state index in [1.54, 1.807) is 25.1 Å². The SMILES string of the molecule is Cc1cccc(N)c1S(=O)(=O)N1CCCc2ccccc21. The fourth-order valence-electron chi connectivity index (χ4n) is 2.89. The molecule has 0 amide bonds. The molecule has 0 saturated heterocycles. The summed E-state index contributed by atoms with van der Waals surface area (Å²) in [6.07, 6.45) is 1.73. The minimum atomic E-state index is -3.63. The lowest BCUT2D eigenvalue weighted by Crippen LogP contribution is -2.36. The summed E-state index contributed by atoms with van der Waals surface area (Å²) in [4.78, 5) is 0.224. The standard InChI is InChI=1S/C16H18N2O2S/c1-12-6-4-9-14(17)16(12)21(19,20)18-11-5-8-13-7-2-3-10-15(13)18/h2-4,6-7,9-10H,5,8,11,17H2,1H3. The Morgan fingerprint density at radius 2 is 1.86 bits per heavy atom. The number of benzene rings is 2. The Kier molecular flexibility index (Phi) is 3.37. The normalized spacial score (nSPS) is 14.8. The number of nitrogen functional groups attached to an aromatic ring is 1. The molecular formula is C16H18N2O2S. The zero-order chi connectivity index (χ0) is 15.0. The van der Waals surface area contributed by atoms with E-state index in [1.807, 2.05) is 24.3 Å². The van der Waals surface area contributed by atoms with Crippen LogP contribution in [0.2, 0.25) is 0 Å². The molecule has 0 fully saturated rings. The van der Waals surface area contributed by atoms with Gasteiger partial charge in [-0.25, -0.2) is 8.42 Å². The van der Waals surface area contributed by atoms with E-state index in [-0.39, 0.29) is 4.90 Å². The lowest BCUT2D eigenvalue weighted by Gasteiger charge is -2.31. The van der Waals surface area contributed by atoms with Crippen molar-refractivity contribution in [3.8, 4) is 0 Å². The van der Waals surface area contributed by atoms with E-state index >= 15 is 0 Å². The van der Waals surface area contributed by atoms with Crippen molar-refractivity contribution in [2.24, 2.45) is 0 Å². The minimum Gasteiger partial charge on any atom is -0.398 e. The van der Waals surface area contributed by atoms with Gasteiger partial charge in [0.2, 0.25) is 0 Å². The molecule has 2 aromatic rings. The van der Waals surface area contributed by atoms with E-state index in [4.69, 9.17) is 5.73 Å². The van der Waals surface area contributed by atoms with Crippen molar-refractivity contribution in [3.63, 3.8) is 0 Å². The third-order valence-electron chi connectivity index (χ3n) is 3.86. The molecule has 1 heterocycles. The first-order valence-electron chi connectivity index (χ1n) is 6.97. The average molecular weight is 302 g/mol. The molecule has 0 aromatic heterocycles. The predicted octanol–water partition coefficient (Wildman–Crippen LogP) is 2.72. The molecule has 0 aliphatic carbocycles. The number of hydrogen-bond acceptors (Lipinski definition) is 3. The smallest absolute Gasteiger partial charge is 0.266 e. The van der Waals surface area contributed by atoms with E-state index in [2.05, 4.69) is 0 Å². The van der Waals surface area contributed by atoms with Crippen molar-refractivity contribution in [3.05, 3.63) is 53.6 Å². The second-order valence-electron chi connectivity index (χ2n) is 5.30. The van der Waals surface area contributed by atoms with Crippen LogP contribution in [-0.4, -0.2) is 15.0 Å². The molecule has 1 aliphatic heterocycles. The van der Waals surface area contributed by atoms with E-state index in [1.165, 1.54) is 4.31 Å². The number of hydrogen-bond donors (Lipinski definition) is 1. The van der Waals surface area contributed by atoms with Gasteiger partial charge in [-0.1, -0.05) is 30.3 Å². The molecule has 2 aromatic carbocycles. The zero-order valence-corrected chi connectivity index (χ0v) is 12.7. The Bertz CT molecular complexity index is 764. The third-order valence-corrected chi connectivity index (χ3v) is 5.89. The van der Waals surface area contributed by atoms with E-state index in [0.29, 0.717) is 17.8 Å². The van der Waals surface area contributed by atoms with Gasteiger partial charge in [0.15, 0.2) is 0 Å². The fourth-order valence-corrected chi connectivity index (χ4v) is 4.75. The van der Waals surface area contributed by atoms with Crippen molar-refractivity contribution < 1.29 is 8.42 Å². The summed E-state index contributed by atoms with van der Waals surface area (Å²) >= 11 is 0. The highest BCUT2D eigenvalue weighted by Crippen LogP contribution is 2.34. The van der Waals surface area contributed by atoms with E-state index < -0.39 is 10.0 Å². The molecule has 21 heavy (non-hydrogen) atoms. The van der Waals surface area contributed by atoms with Crippen LogP contribution in [-0.2, 0) is 16.4 Å². The number of nitrogens with zero attached hydrogens (tertiary/aromatic N) is 1. The van der Waals surface area contributed by atoms with Crippen LogP contribution in [0.25, 0.3) is 0 Å². The molecule has 3 rings (SSSR count). The number of para-hydroxylation sites is 1. The summed E-state index contributed by atoms with van der Waals surface area (Å²) in [6, 6.07) is 12.8. The van der Waals surface area contributed by atoms with E-state index in [9.17, 15) is 8.42 Å². The van der Waals surface area contributed by atoms with Gasteiger partial charge in [0, 0.05) is 6.54 Å². The highest BCUT2D eigenvalue weighted by molar-refractivity contribution is 7.93. The van der Waals surface area contributed by atoms with Crippen LogP contribution >= 0.6 is 0 Å². The highest BCUT2D eigenvalue weighted by Gasteiger charge is 2.31. The van der Waals surface area contributed by atoms with Crippen LogP contribution in [0.15, 0.2) is 47.4 Å². The topological polar surface area (TPSA) is 63.4 Å². The summed E-state index contributed by atoms with van der Waals surface area (Å²) in [5.74, 6) is 0. The van der Waals surface area contributed by atoms with E-state index in [0.717, 1.165) is 24.1 Å². The molecule has 4 nitrogen and oxygen atoms in total. The number of rotatable bonds is 2. The van der Waals surface area contributed by atoms with Crippen molar-refractivity contribution in [2.75, 3.05) is 16.6 Å². The van der Waals surface area contributed by atoms with Gasteiger partial charge in [-0.3, -0.25) is 4.31 Å². The summed E-state index contributed by atoms with van der Waals surface area (Å²) < 4.78 is 27.6. The lowest BCUT2D eigenvalue weighted by molar-refractivity contribution is 0.586. The quantitative estimate of drug-likeness (QED) is 0.868. The second kappa shape index (κ2) is 5.07. The highest BCUT2D eigenvalue weighted by atomic mass is 32.2. The molecule has 0 unspecified atom stereocenters. The molecule has 1 aliphatic rings. The molecule has 110 valence electrons. The van der Waals surface area contributed by atoms with Crippen LogP contribution < -0.4 is 10.0 Å². The summed E-state index contributed by atoms with van der Waals surface area (Å²) in [5.41, 5.74) is 8.75. The number of fused-ring (bicyclic) bond motifs is 1. The molecule has 0 atom stereocenters. The molecule has 0 bridgehead atoms.